The van der Waals surface area contributed by atoms with Crippen LogP contribution in [0.5, 0.6) is 5.75 Å². The molecular weight excluding hydrogens is 290 g/mol. The fraction of sp³-hybridized carbons (Fsp3) is 0.611. The van der Waals surface area contributed by atoms with Crippen LogP contribution in [0.3, 0.4) is 0 Å². The largest absolute Gasteiger partial charge is 0.494 e. The van der Waals surface area contributed by atoms with Crippen LogP contribution in [-0.2, 0) is 4.79 Å². The van der Waals surface area contributed by atoms with Gasteiger partial charge in [0.25, 0.3) is 0 Å². The third-order valence-corrected chi connectivity index (χ3v) is 4.33. The molecule has 5 heteroatoms. The lowest BCUT2D eigenvalue weighted by Gasteiger charge is -2.24. The number of carbonyl (C=O) groups is 1. The van der Waals surface area contributed by atoms with Gasteiger partial charge in [0.05, 0.1) is 12.6 Å². The zero-order valence-corrected chi connectivity index (χ0v) is 14.3. The first-order valence-corrected chi connectivity index (χ1v) is 8.58. The number of carbonyl (C=O) groups excluding carboxylic acids is 1. The Labute approximate surface area is 139 Å². The zero-order chi connectivity index (χ0) is 16.7. The van der Waals surface area contributed by atoms with Crippen molar-refractivity contribution in [1.29, 1.82) is 0 Å². The Hall–Kier alpha value is -1.59. The minimum Gasteiger partial charge on any atom is -0.494 e. The molecule has 0 spiro atoms. The second-order valence-electron chi connectivity index (χ2n) is 6.27. The molecule has 2 rings (SSSR count). The lowest BCUT2D eigenvalue weighted by Crippen LogP contribution is -2.38. The van der Waals surface area contributed by atoms with Gasteiger partial charge in [-0.2, -0.15) is 0 Å². The molecule has 128 valence electrons. The molecule has 0 bridgehead atoms. The van der Waals surface area contributed by atoms with Gasteiger partial charge < -0.3 is 15.8 Å². The van der Waals surface area contributed by atoms with E-state index in [4.69, 9.17) is 10.5 Å². The summed E-state index contributed by atoms with van der Waals surface area (Å²) >= 11 is 0. The number of hydrogen-bond acceptors (Lipinski definition) is 4. The Morgan fingerprint density at radius 2 is 2.09 bits per heavy atom. The van der Waals surface area contributed by atoms with E-state index >= 15 is 0 Å². The highest BCUT2D eigenvalue weighted by Crippen LogP contribution is 2.26. The van der Waals surface area contributed by atoms with Gasteiger partial charge in [0.15, 0.2) is 0 Å². The number of hydrogen-bond donors (Lipinski definition) is 2. The molecule has 1 aromatic carbocycles. The van der Waals surface area contributed by atoms with E-state index in [1.165, 1.54) is 31.5 Å². The summed E-state index contributed by atoms with van der Waals surface area (Å²) in [7, 11) is 0. The predicted octanol–water partition coefficient (Wildman–Crippen LogP) is 2.08. The summed E-state index contributed by atoms with van der Waals surface area (Å²) < 4.78 is 5.80. The topological polar surface area (TPSA) is 67.6 Å². The zero-order valence-electron chi connectivity index (χ0n) is 14.3. The van der Waals surface area contributed by atoms with E-state index < -0.39 is 6.04 Å². The van der Waals surface area contributed by atoms with Crippen LogP contribution in [0.4, 0.5) is 0 Å². The van der Waals surface area contributed by atoms with Gasteiger partial charge in [0.1, 0.15) is 5.75 Å². The third kappa shape index (κ3) is 5.52. The Morgan fingerprint density at radius 3 is 2.78 bits per heavy atom. The molecular formula is C18H29N3O2. The van der Waals surface area contributed by atoms with Gasteiger partial charge in [-0.3, -0.25) is 9.69 Å². The van der Waals surface area contributed by atoms with Crippen molar-refractivity contribution in [2.75, 3.05) is 26.2 Å². The standard InChI is InChI=1S/C18H29N3O2/c1-14(19)18(22)20-9-6-12-23-17-8-5-7-16(13-17)15(2)21-10-3-4-11-21/h5,7-8,13-15H,3-4,6,9-12,19H2,1-2H3,(H,20,22). The Kier molecular flexibility index (Phi) is 6.86. The van der Waals surface area contributed by atoms with E-state index in [9.17, 15) is 4.79 Å². The average Bonchev–Trinajstić information content (AvgIpc) is 3.08. The minimum atomic E-state index is -0.459. The summed E-state index contributed by atoms with van der Waals surface area (Å²) in [5, 5.41) is 2.78. The minimum absolute atomic E-state index is 0.119. The third-order valence-electron chi connectivity index (χ3n) is 4.33. The van der Waals surface area contributed by atoms with Crippen molar-refractivity contribution in [3.8, 4) is 5.75 Å². The van der Waals surface area contributed by atoms with E-state index in [0.29, 0.717) is 19.2 Å². The van der Waals surface area contributed by atoms with Crippen molar-refractivity contribution in [2.24, 2.45) is 5.73 Å². The quantitative estimate of drug-likeness (QED) is 0.720. The molecule has 23 heavy (non-hydrogen) atoms. The van der Waals surface area contributed by atoms with Gasteiger partial charge in [0, 0.05) is 12.6 Å². The maximum absolute atomic E-state index is 11.3. The van der Waals surface area contributed by atoms with Gasteiger partial charge in [0.2, 0.25) is 5.91 Å². The highest BCUT2D eigenvalue weighted by Gasteiger charge is 2.19. The van der Waals surface area contributed by atoms with Crippen LogP contribution in [0.25, 0.3) is 0 Å². The fourth-order valence-electron chi connectivity index (χ4n) is 2.84. The van der Waals surface area contributed by atoms with Crippen LogP contribution in [0.15, 0.2) is 24.3 Å². The molecule has 3 N–H and O–H groups in total. The molecule has 0 aliphatic carbocycles. The monoisotopic (exact) mass is 319 g/mol. The second kappa shape index (κ2) is 8.89. The fourth-order valence-corrected chi connectivity index (χ4v) is 2.84. The van der Waals surface area contributed by atoms with Crippen LogP contribution in [0, 0.1) is 0 Å². The maximum Gasteiger partial charge on any atom is 0.236 e. The number of ether oxygens (including phenoxy) is 1. The van der Waals surface area contributed by atoms with Gasteiger partial charge >= 0.3 is 0 Å². The number of rotatable bonds is 8. The molecule has 1 heterocycles. The molecule has 2 atom stereocenters. The van der Waals surface area contributed by atoms with Crippen molar-refractivity contribution in [1.82, 2.24) is 10.2 Å². The molecule has 1 aliphatic heterocycles. The maximum atomic E-state index is 11.3. The molecule has 1 fully saturated rings. The van der Waals surface area contributed by atoms with Crippen LogP contribution in [0.2, 0.25) is 0 Å². The normalized spacial score (nSPS) is 17.7. The Morgan fingerprint density at radius 1 is 1.35 bits per heavy atom. The Balaban J connectivity index is 1.75. The van der Waals surface area contributed by atoms with Gasteiger partial charge in [-0.05, 0) is 63.9 Å². The smallest absolute Gasteiger partial charge is 0.236 e. The number of amides is 1. The van der Waals surface area contributed by atoms with E-state index in [1.807, 2.05) is 6.07 Å². The number of likely N-dealkylation sites (tertiary alicyclic amines) is 1. The molecule has 1 aromatic rings. The van der Waals surface area contributed by atoms with Crippen LogP contribution in [0.1, 0.15) is 44.7 Å². The highest BCUT2D eigenvalue weighted by molar-refractivity contribution is 5.80. The Bertz CT molecular complexity index is 499. The van der Waals surface area contributed by atoms with Gasteiger partial charge in [-0.15, -0.1) is 0 Å². The summed E-state index contributed by atoms with van der Waals surface area (Å²) in [4.78, 5) is 13.9. The lowest BCUT2D eigenvalue weighted by atomic mass is 10.1. The molecule has 5 nitrogen and oxygen atoms in total. The van der Waals surface area contributed by atoms with Crippen LogP contribution < -0.4 is 15.8 Å². The van der Waals surface area contributed by atoms with Crippen LogP contribution >= 0.6 is 0 Å². The summed E-state index contributed by atoms with van der Waals surface area (Å²) in [5.41, 5.74) is 6.79. The SMILES string of the molecule is CC(N)C(=O)NCCCOc1cccc(C(C)N2CCCC2)c1. The summed E-state index contributed by atoms with van der Waals surface area (Å²) in [6.07, 6.45) is 3.37. The predicted molar refractivity (Wildman–Crippen MR) is 92.4 cm³/mol. The first kappa shape index (κ1) is 17.8. The van der Waals surface area contributed by atoms with E-state index in [-0.39, 0.29) is 5.91 Å². The first-order valence-electron chi connectivity index (χ1n) is 8.58. The van der Waals surface area contributed by atoms with Crippen molar-refractivity contribution in [2.45, 2.75) is 45.2 Å². The van der Waals surface area contributed by atoms with E-state index in [2.05, 4.69) is 35.3 Å². The van der Waals surface area contributed by atoms with Crippen molar-refractivity contribution in [3.05, 3.63) is 29.8 Å². The van der Waals surface area contributed by atoms with Crippen molar-refractivity contribution in [3.63, 3.8) is 0 Å². The highest BCUT2D eigenvalue weighted by atomic mass is 16.5. The molecule has 1 amide bonds. The number of nitrogens with one attached hydrogen (secondary N) is 1. The average molecular weight is 319 g/mol. The molecule has 0 saturated carbocycles. The molecule has 2 unspecified atom stereocenters. The molecule has 1 saturated heterocycles. The summed E-state index contributed by atoms with van der Waals surface area (Å²) in [5.74, 6) is 0.776. The molecule has 1 aliphatic rings. The number of benzene rings is 1. The van der Waals surface area contributed by atoms with Gasteiger partial charge in [-0.25, -0.2) is 0 Å². The van der Waals surface area contributed by atoms with E-state index in [0.717, 1.165) is 12.2 Å². The molecule has 0 radical (unpaired) electrons. The van der Waals surface area contributed by atoms with E-state index in [1.54, 1.807) is 6.92 Å². The molecule has 0 aromatic heterocycles. The van der Waals surface area contributed by atoms with Gasteiger partial charge in [-0.1, -0.05) is 12.1 Å². The summed E-state index contributed by atoms with van der Waals surface area (Å²) in [6, 6.07) is 8.31. The first-order chi connectivity index (χ1) is 11.1. The number of nitrogens with zero attached hydrogens (tertiary/aromatic N) is 1. The second-order valence-corrected chi connectivity index (χ2v) is 6.27. The van der Waals surface area contributed by atoms with Crippen molar-refractivity contribution >= 4 is 5.91 Å². The van der Waals surface area contributed by atoms with Crippen LogP contribution in [-0.4, -0.2) is 43.1 Å². The van der Waals surface area contributed by atoms with Crippen molar-refractivity contribution < 1.29 is 9.53 Å². The summed E-state index contributed by atoms with van der Waals surface area (Å²) in [6.45, 7) is 7.48. The number of nitrogens with two attached hydrogens (primary N) is 1. The lowest BCUT2D eigenvalue weighted by molar-refractivity contribution is -0.121.